The fourth-order valence-corrected chi connectivity index (χ4v) is 1.48. The molecule has 0 aliphatic carbocycles. The van der Waals surface area contributed by atoms with Crippen LogP contribution in [0.4, 0.5) is 11.6 Å². The van der Waals surface area contributed by atoms with Gasteiger partial charge in [-0.25, -0.2) is 9.78 Å². The van der Waals surface area contributed by atoms with Gasteiger partial charge in [-0.05, 0) is 0 Å². The van der Waals surface area contributed by atoms with Crippen LogP contribution in [0, 0.1) is 0 Å². The lowest BCUT2D eigenvalue weighted by molar-refractivity contribution is 0.0603. The van der Waals surface area contributed by atoms with Gasteiger partial charge < -0.3 is 15.8 Å². The first-order valence-corrected chi connectivity index (χ1v) is 5.10. The van der Waals surface area contributed by atoms with Gasteiger partial charge in [0.1, 0.15) is 11.4 Å². The SMILES string of the molecule is CNc1nn(-c2cnccn2)c(N)c1C(=O)OC. The monoisotopic (exact) mass is 248 g/mol. The molecule has 0 saturated heterocycles. The van der Waals surface area contributed by atoms with Gasteiger partial charge in [0.2, 0.25) is 0 Å². The van der Waals surface area contributed by atoms with Gasteiger partial charge in [0.25, 0.3) is 0 Å². The maximum absolute atomic E-state index is 11.6. The molecule has 2 rings (SSSR count). The summed E-state index contributed by atoms with van der Waals surface area (Å²) >= 11 is 0. The van der Waals surface area contributed by atoms with Gasteiger partial charge in [0, 0.05) is 19.4 Å². The van der Waals surface area contributed by atoms with E-state index in [1.165, 1.54) is 30.4 Å². The third-order valence-electron chi connectivity index (χ3n) is 2.31. The minimum atomic E-state index is -0.563. The molecule has 0 aliphatic rings. The van der Waals surface area contributed by atoms with E-state index >= 15 is 0 Å². The molecule has 0 bridgehead atoms. The highest BCUT2D eigenvalue weighted by atomic mass is 16.5. The van der Waals surface area contributed by atoms with Crippen molar-refractivity contribution < 1.29 is 9.53 Å². The molecule has 0 fully saturated rings. The van der Waals surface area contributed by atoms with Crippen LogP contribution in [0.5, 0.6) is 0 Å². The number of methoxy groups -OCH3 is 1. The summed E-state index contributed by atoms with van der Waals surface area (Å²) in [4.78, 5) is 19.6. The number of rotatable bonds is 3. The van der Waals surface area contributed by atoms with Crippen LogP contribution < -0.4 is 11.1 Å². The molecule has 2 heterocycles. The molecule has 0 spiro atoms. The number of ether oxygens (including phenoxy) is 1. The molecular weight excluding hydrogens is 236 g/mol. The molecule has 0 aromatic carbocycles. The van der Waals surface area contributed by atoms with Crippen molar-refractivity contribution in [3.63, 3.8) is 0 Å². The summed E-state index contributed by atoms with van der Waals surface area (Å²) in [6, 6.07) is 0. The van der Waals surface area contributed by atoms with Gasteiger partial charge in [0.15, 0.2) is 11.6 Å². The number of aromatic nitrogens is 4. The number of anilines is 2. The van der Waals surface area contributed by atoms with Gasteiger partial charge in [-0.3, -0.25) is 4.98 Å². The summed E-state index contributed by atoms with van der Waals surface area (Å²) < 4.78 is 5.98. The molecule has 8 heteroatoms. The van der Waals surface area contributed by atoms with Crippen LogP contribution >= 0.6 is 0 Å². The second-order valence-corrected chi connectivity index (χ2v) is 3.33. The number of nitrogen functional groups attached to an aromatic ring is 1. The molecule has 0 radical (unpaired) electrons. The van der Waals surface area contributed by atoms with Crippen LogP contribution in [-0.4, -0.2) is 39.9 Å². The summed E-state index contributed by atoms with van der Waals surface area (Å²) in [5.41, 5.74) is 6.05. The standard InChI is InChI=1S/C10H12N6O2/c1-12-9-7(10(17)18-2)8(11)16(15-9)6-5-13-3-4-14-6/h3-5H,11H2,1-2H3,(H,12,15). The van der Waals surface area contributed by atoms with E-state index < -0.39 is 5.97 Å². The second-order valence-electron chi connectivity index (χ2n) is 3.33. The molecule has 0 atom stereocenters. The van der Waals surface area contributed by atoms with Crippen molar-refractivity contribution in [3.05, 3.63) is 24.2 Å². The number of esters is 1. The quantitative estimate of drug-likeness (QED) is 0.740. The smallest absolute Gasteiger partial charge is 0.345 e. The van der Waals surface area contributed by atoms with Gasteiger partial charge in [-0.15, -0.1) is 5.10 Å². The number of carbonyl (C=O) groups is 1. The normalized spacial score (nSPS) is 10.1. The predicted molar refractivity (Wildman–Crippen MR) is 64.5 cm³/mol. The van der Waals surface area contributed by atoms with Crippen LogP contribution in [0.1, 0.15) is 10.4 Å². The molecule has 2 aromatic heterocycles. The van der Waals surface area contributed by atoms with E-state index in [0.717, 1.165) is 0 Å². The Morgan fingerprint density at radius 2 is 2.28 bits per heavy atom. The number of hydrogen-bond donors (Lipinski definition) is 2. The number of carbonyl (C=O) groups excluding carboxylic acids is 1. The summed E-state index contributed by atoms with van der Waals surface area (Å²) in [7, 11) is 2.91. The van der Waals surface area contributed by atoms with E-state index in [1.54, 1.807) is 7.05 Å². The number of hydrogen-bond acceptors (Lipinski definition) is 7. The minimum Gasteiger partial charge on any atom is -0.465 e. The molecule has 0 aliphatic heterocycles. The number of nitrogens with zero attached hydrogens (tertiary/aromatic N) is 4. The molecule has 0 unspecified atom stereocenters. The van der Waals surface area contributed by atoms with Crippen LogP contribution in [0.15, 0.2) is 18.6 Å². The maximum atomic E-state index is 11.6. The Morgan fingerprint density at radius 1 is 1.50 bits per heavy atom. The van der Waals surface area contributed by atoms with Crippen molar-refractivity contribution in [1.82, 2.24) is 19.7 Å². The first kappa shape index (κ1) is 11.8. The molecule has 3 N–H and O–H groups in total. The Labute approximate surface area is 103 Å². The lowest BCUT2D eigenvalue weighted by Crippen LogP contribution is -2.08. The molecule has 18 heavy (non-hydrogen) atoms. The average Bonchev–Trinajstić information content (AvgIpc) is 2.76. The first-order chi connectivity index (χ1) is 8.69. The Balaban J connectivity index is 2.58. The highest BCUT2D eigenvalue weighted by Gasteiger charge is 2.23. The Kier molecular flexibility index (Phi) is 3.09. The van der Waals surface area contributed by atoms with E-state index in [4.69, 9.17) is 5.73 Å². The van der Waals surface area contributed by atoms with E-state index in [1.807, 2.05) is 0 Å². The second kappa shape index (κ2) is 4.70. The lowest BCUT2D eigenvalue weighted by Gasteiger charge is -2.02. The topological polar surface area (TPSA) is 108 Å². The Hall–Kier alpha value is -2.64. The fraction of sp³-hybridized carbons (Fsp3) is 0.200. The Morgan fingerprint density at radius 3 is 2.83 bits per heavy atom. The fourth-order valence-electron chi connectivity index (χ4n) is 1.48. The van der Waals surface area contributed by atoms with Crippen LogP contribution in [-0.2, 0) is 4.74 Å². The molecule has 94 valence electrons. The summed E-state index contributed by atoms with van der Waals surface area (Å²) in [6.07, 6.45) is 4.53. The van der Waals surface area contributed by atoms with Crippen molar-refractivity contribution in [1.29, 1.82) is 0 Å². The zero-order chi connectivity index (χ0) is 13.1. The summed E-state index contributed by atoms with van der Waals surface area (Å²) in [5.74, 6) is 0.324. The Bertz CT molecular complexity index is 565. The number of nitrogens with two attached hydrogens (primary N) is 1. The van der Waals surface area contributed by atoms with Crippen LogP contribution in [0.25, 0.3) is 5.82 Å². The molecule has 0 amide bonds. The zero-order valence-corrected chi connectivity index (χ0v) is 9.91. The largest absolute Gasteiger partial charge is 0.465 e. The van der Waals surface area contributed by atoms with Crippen molar-refractivity contribution in [3.8, 4) is 5.82 Å². The highest BCUT2D eigenvalue weighted by molar-refractivity contribution is 5.99. The van der Waals surface area contributed by atoms with E-state index in [-0.39, 0.29) is 11.4 Å². The van der Waals surface area contributed by atoms with Crippen molar-refractivity contribution >= 4 is 17.6 Å². The lowest BCUT2D eigenvalue weighted by atomic mass is 10.3. The molecule has 8 nitrogen and oxygen atoms in total. The summed E-state index contributed by atoms with van der Waals surface area (Å²) in [5, 5.41) is 6.93. The van der Waals surface area contributed by atoms with Crippen LogP contribution in [0.2, 0.25) is 0 Å². The average molecular weight is 248 g/mol. The number of nitrogens with one attached hydrogen (secondary N) is 1. The van der Waals surface area contributed by atoms with E-state index in [0.29, 0.717) is 11.6 Å². The molecule has 2 aromatic rings. The zero-order valence-electron chi connectivity index (χ0n) is 9.91. The van der Waals surface area contributed by atoms with Gasteiger partial charge >= 0.3 is 5.97 Å². The molecule has 0 saturated carbocycles. The minimum absolute atomic E-state index is 0.145. The van der Waals surface area contributed by atoms with E-state index in [2.05, 4.69) is 25.1 Å². The van der Waals surface area contributed by atoms with Crippen molar-refractivity contribution in [2.24, 2.45) is 0 Å². The van der Waals surface area contributed by atoms with Crippen molar-refractivity contribution in [2.75, 3.05) is 25.2 Å². The first-order valence-electron chi connectivity index (χ1n) is 5.10. The molecular formula is C10H12N6O2. The van der Waals surface area contributed by atoms with Gasteiger partial charge in [-0.2, -0.15) is 4.68 Å². The predicted octanol–water partition coefficient (Wildman–Crippen LogP) is 0.0728. The third kappa shape index (κ3) is 1.83. The van der Waals surface area contributed by atoms with E-state index in [9.17, 15) is 4.79 Å². The van der Waals surface area contributed by atoms with Crippen LogP contribution in [0.3, 0.4) is 0 Å². The van der Waals surface area contributed by atoms with Crippen molar-refractivity contribution in [2.45, 2.75) is 0 Å². The van der Waals surface area contributed by atoms with Gasteiger partial charge in [0.05, 0.1) is 13.3 Å². The van der Waals surface area contributed by atoms with Gasteiger partial charge in [-0.1, -0.05) is 0 Å². The maximum Gasteiger partial charge on any atom is 0.345 e. The highest BCUT2D eigenvalue weighted by Crippen LogP contribution is 2.24. The third-order valence-corrected chi connectivity index (χ3v) is 2.31. The summed E-state index contributed by atoms with van der Waals surface area (Å²) in [6.45, 7) is 0.